The highest BCUT2D eigenvalue weighted by Crippen LogP contribution is 2.26. The van der Waals surface area contributed by atoms with Gasteiger partial charge in [-0.05, 0) is 0 Å². The lowest BCUT2D eigenvalue weighted by Crippen LogP contribution is -2.07. The molecule has 2 aromatic rings. The SMILES string of the molecule is Nc1cc(OCOc2cc(N)cc([N+](=O)[O-])c2)cc([N+](=O)[O-])c1. The van der Waals surface area contributed by atoms with Crippen LogP contribution in [0.1, 0.15) is 0 Å². The summed E-state index contributed by atoms with van der Waals surface area (Å²) in [6.45, 7) is -0.332. The van der Waals surface area contributed by atoms with Crippen molar-refractivity contribution in [1.82, 2.24) is 0 Å². The first-order chi connectivity index (χ1) is 10.8. The number of nitrogens with two attached hydrogens (primary N) is 2. The Bertz CT molecular complexity index is 701. The van der Waals surface area contributed by atoms with Gasteiger partial charge in [-0.2, -0.15) is 0 Å². The van der Waals surface area contributed by atoms with Crippen molar-refractivity contribution in [3.8, 4) is 11.5 Å². The zero-order valence-corrected chi connectivity index (χ0v) is 11.7. The standard InChI is InChI=1S/C13H12N4O6/c14-8-1-10(16(18)19)5-12(3-8)22-7-23-13-4-9(15)2-11(6-13)17(20)21/h1-6H,7,14-15H2. The van der Waals surface area contributed by atoms with Crippen LogP contribution in [0.4, 0.5) is 22.7 Å². The third kappa shape index (κ3) is 4.20. The van der Waals surface area contributed by atoms with Gasteiger partial charge in [0.15, 0.2) is 0 Å². The number of nitrogens with zero attached hydrogens (tertiary/aromatic N) is 2. The normalized spacial score (nSPS) is 10.1. The van der Waals surface area contributed by atoms with E-state index in [2.05, 4.69) is 0 Å². The van der Waals surface area contributed by atoms with Gasteiger partial charge in [-0.1, -0.05) is 0 Å². The molecule has 120 valence electrons. The van der Waals surface area contributed by atoms with E-state index in [9.17, 15) is 20.2 Å². The summed E-state index contributed by atoms with van der Waals surface area (Å²) in [6.07, 6.45) is 0. The van der Waals surface area contributed by atoms with Crippen LogP contribution in [-0.4, -0.2) is 16.6 Å². The Hall–Kier alpha value is -3.56. The zero-order valence-electron chi connectivity index (χ0n) is 11.7. The van der Waals surface area contributed by atoms with Crippen LogP contribution in [-0.2, 0) is 0 Å². The average molecular weight is 320 g/mol. The first kappa shape index (κ1) is 15.8. The Morgan fingerprint density at radius 2 is 1.17 bits per heavy atom. The maximum atomic E-state index is 10.7. The fourth-order valence-electron chi connectivity index (χ4n) is 1.75. The smallest absolute Gasteiger partial charge is 0.275 e. The lowest BCUT2D eigenvalue weighted by Gasteiger charge is -2.09. The summed E-state index contributed by atoms with van der Waals surface area (Å²) in [5.74, 6) is 0.269. The van der Waals surface area contributed by atoms with Crippen LogP contribution in [0.25, 0.3) is 0 Å². The third-order valence-electron chi connectivity index (χ3n) is 2.70. The molecule has 0 heterocycles. The molecule has 0 bridgehead atoms. The van der Waals surface area contributed by atoms with Gasteiger partial charge in [0, 0.05) is 35.6 Å². The molecule has 10 nitrogen and oxygen atoms in total. The maximum absolute atomic E-state index is 10.7. The predicted molar refractivity (Wildman–Crippen MR) is 81.1 cm³/mol. The molecule has 4 N–H and O–H groups in total. The van der Waals surface area contributed by atoms with Crippen molar-refractivity contribution < 1.29 is 19.3 Å². The number of non-ortho nitro benzene ring substituents is 2. The minimum absolute atomic E-state index is 0.134. The fourth-order valence-corrected chi connectivity index (χ4v) is 1.75. The highest BCUT2D eigenvalue weighted by Gasteiger charge is 2.11. The summed E-state index contributed by atoms with van der Waals surface area (Å²) in [5.41, 5.74) is 10.9. The van der Waals surface area contributed by atoms with E-state index in [1.165, 1.54) is 36.4 Å². The molecule has 0 aromatic heterocycles. The largest absolute Gasteiger partial charge is 0.457 e. The van der Waals surface area contributed by atoms with Gasteiger partial charge in [0.1, 0.15) is 11.5 Å². The van der Waals surface area contributed by atoms with Crippen LogP contribution in [0.15, 0.2) is 36.4 Å². The van der Waals surface area contributed by atoms with Gasteiger partial charge in [-0.15, -0.1) is 0 Å². The second kappa shape index (κ2) is 6.47. The van der Waals surface area contributed by atoms with Gasteiger partial charge in [0.25, 0.3) is 11.4 Å². The van der Waals surface area contributed by atoms with Crippen molar-refractivity contribution in [3.05, 3.63) is 56.6 Å². The van der Waals surface area contributed by atoms with Crippen LogP contribution in [0.2, 0.25) is 0 Å². The quantitative estimate of drug-likeness (QED) is 0.354. The average Bonchev–Trinajstić information content (AvgIpc) is 2.46. The molecule has 10 heteroatoms. The molecule has 2 aromatic carbocycles. The lowest BCUT2D eigenvalue weighted by molar-refractivity contribution is -0.385. The van der Waals surface area contributed by atoms with Gasteiger partial charge in [-0.25, -0.2) is 0 Å². The van der Waals surface area contributed by atoms with E-state index in [-0.39, 0.29) is 41.0 Å². The number of nitro groups is 2. The van der Waals surface area contributed by atoms with E-state index in [0.717, 1.165) is 0 Å². The molecular formula is C13H12N4O6. The summed E-state index contributed by atoms with van der Waals surface area (Å²) in [6, 6.07) is 7.52. The topological polar surface area (TPSA) is 157 Å². The van der Waals surface area contributed by atoms with Crippen LogP contribution >= 0.6 is 0 Å². The molecule has 23 heavy (non-hydrogen) atoms. The number of benzene rings is 2. The van der Waals surface area contributed by atoms with Crippen LogP contribution in [0.5, 0.6) is 11.5 Å². The van der Waals surface area contributed by atoms with Crippen molar-refractivity contribution >= 4 is 22.7 Å². The number of nitro benzene ring substituents is 2. The number of nitrogen functional groups attached to an aromatic ring is 2. The minimum Gasteiger partial charge on any atom is -0.457 e. The Kier molecular flexibility index (Phi) is 4.45. The first-order valence-corrected chi connectivity index (χ1v) is 6.20. The first-order valence-electron chi connectivity index (χ1n) is 6.20. The molecule has 0 saturated heterocycles. The second-order valence-electron chi connectivity index (χ2n) is 4.44. The summed E-state index contributed by atoms with van der Waals surface area (Å²) in [4.78, 5) is 20.2. The Morgan fingerprint density at radius 1 is 0.783 bits per heavy atom. The molecule has 0 fully saturated rings. The predicted octanol–water partition coefficient (Wildman–Crippen LogP) is 2.08. The number of rotatable bonds is 6. The molecule has 0 aliphatic rings. The van der Waals surface area contributed by atoms with E-state index < -0.39 is 9.85 Å². The van der Waals surface area contributed by atoms with Gasteiger partial charge in [0.2, 0.25) is 6.79 Å². The zero-order chi connectivity index (χ0) is 17.0. The molecule has 0 aliphatic carbocycles. The molecule has 0 unspecified atom stereocenters. The highest BCUT2D eigenvalue weighted by molar-refractivity contribution is 5.54. The van der Waals surface area contributed by atoms with Gasteiger partial charge < -0.3 is 20.9 Å². The van der Waals surface area contributed by atoms with Crippen LogP contribution in [0.3, 0.4) is 0 Å². The number of anilines is 2. The molecule has 0 amide bonds. The summed E-state index contributed by atoms with van der Waals surface area (Å²) >= 11 is 0. The van der Waals surface area contributed by atoms with Crippen molar-refractivity contribution in [2.45, 2.75) is 0 Å². The summed E-state index contributed by atoms with van der Waals surface area (Å²) in [5, 5.41) is 21.4. The monoisotopic (exact) mass is 320 g/mol. The number of hydrogen-bond donors (Lipinski definition) is 2. The third-order valence-corrected chi connectivity index (χ3v) is 2.70. The Labute approximate surface area is 129 Å². The minimum atomic E-state index is -0.606. The van der Waals surface area contributed by atoms with E-state index in [1.54, 1.807) is 0 Å². The molecule has 0 saturated carbocycles. The molecule has 0 atom stereocenters. The second-order valence-corrected chi connectivity index (χ2v) is 4.44. The number of hydrogen-bond acceptors (Lipinski definition) is 8. The molecular weight excluding hydrogens is 308 g/mol. The Balaban J connectivity index is 2.05. The number of ether oxygens (including phenoxy) is 2. The highest BCUT2D eigenvalue weighted by atomic mass is 16.7. The van der Waals surface area contributed by atoms with Gasteiger partial charge >= 0.3 is 0 Å². The maximum Gasteiger partial charge on any atom is 0.275 e. The van der Waals surface area contributed by atoms with Crippen molar-refractivity contribution in [2.75, 3.05) is 18.3 Å². The molecule has 2 rings (SSSR count). The van der Waals surface area contributed by atoms with Crippen molar-refractivity contribution in [2.24, 2.45) is 0 Å². The molecule has 0 spiro atoms. The summed E-state index contributed by atoms with van der Waals surface area (Å²) < 4.78 is 10.4. The van der Waals surface area contributed by atoms with E-state index >= 15 is 0 Å². The van der Waals surface area contributed by atoms with Gasteiger partial charge in [-0.3, -0.25) is 20.2 Å². The molecule has 0 aliphatic heterocycles. The van der Waals surface area contributed by atoms with E-state index in [4.69, 9.17) is 20.9 Å². The van der Waals surface area contributed by atoms with E-state index in [0.29, 0.717) is 0 Å². The Morgan fingerprint density at radius 3 is 1.52 bits per heavy atom. The van der Waals surface area contributed by atoms with Crippen molar-refractivity contribution in [1.29, 1.82) is 0 Å². The lowest BCUT2D eigenvalue weighted by atomic mass is 10.2. The van der Waals surface area contributed by atoms with Crippen LogP contribution < -0.4 is 20.9 Å². The van der Waals surface area contributed by atoms with E-state index in [1.807, 2.05) is 0 Å². The summed E-state index contributed by atoms with van der Waals surface area (Å²) in [7, 11) is 0. The van der Waals surface area contributed by atoms with Gasteiger partial charge in [0.05, 0.1) is 22.0 Å². The molecule has 0 radical (unpaired) electrons. The fraction of sp³-hybridized carbons (Fsp3) is 0.0769. The van der Waals surface area contributed by atoms with Crippen molar-refractivity contribution in [3.63, 3.8) is 0 Å². The van der Waals surface area contributed by atoms with Crippen LogP contribution in [0, 0.1) is 20.2 Å².